The number of ketones is 1. The minimum absolute atomic E-state index is 0.0303. The molecule has 0 aromatic rings. The van der Waals surface area contributed by atoms with Crippen LogP contribution in [-0.4, -0.2) is 11.9 Å². The number of halogens is 1. The highest BCUT2D eigenvalue weighted by Crippen LogP contribution is 2.65. The van der Waals surface area contributed by atoms with Gasteiger partial charge in [0.25, 0.3) is 0 Å². The van der Waals surface area contributed by atoms with Crippen molar-refractivity contribution < 1.29 is 8.98 Å². The number of Topliss-reactive ketones (excluding diaryl/α,β-unsaturated/α-hetero) is 1. The van der Waals surface area contributed by atoms with Crippen LogP contribution in [0.1, 0.15) is 71.6 Å². The third-order valence-corrected chi connectivity index (χ3v) is 9.47. The quantitative estimate of drug-likeness (QED) is 0.384. The highest BCUT2D eigenvalue weighted by molar-refractivity contribution is 14.2. The molecule has 4 aliphatic rings. The lowest BCUT2D eigenvalue weighted by atomic mass is 9.45. The van der Waals surface area contributed by atoms with E-state index in [4.69, 9.17) is 4.18 Å². The second kappa shape index (κ2) is 6.15. The van der Waals surface area contributed by atoms with Crippen LogP contribution in [0.3, 0.4) is 0 Å². The third kappa shape index (κ3) is 2.56. The molecule has 7 unspecified atom stereocenters. The van der Waals surface area contributed by atoms with Gasteiger partial charge in [-0.1, -0.05) is 13.8 Å². The van der Waals surface area contributed by atoms with Crippen molar-refractivity contribution in [3.63, 3.8) is 0 Å². The van der Waals surface area contributed by atoms with Gasteiger partial charge in [-0.3, -0.25) is 4.79 Å². The van der Waals surface area contributed by atoms with Crippen molar-refractivity contribution in [2.45, 2.75) is 77.7 Å². The molecule has 0 N–H and O–H groups in total. The van der Waals surface area contributed by atoms with E-state index >= 15 is 0 Å². The molecule has 0 heterocycles. The number of hydrogen-bond donors (Lipinski definition) is 0. The van der Waals surface area contributed by atoms with Crippen LogP contribution in [0, 0.1) is 34.5 Å². The largest absolute Gasteiger partial charge is 0.302 e. The SMILES string of the molecule is CC12CCC3C(CCC4CC(OSI)CCC43C)C1CCC2=O. The molecule has 0 amide bonds. The Labute approximate surface area is 157 Å². The van der Waals surface area contributed by atoms with E-state index in [9.17, 15) is 4.79 Å². The number of carbonyl (C=O) groups is 1. The summed E-state index contributed by atoms with van der Waals surface area (Å²) < 4.78 is 5.87. The predicted octanol–water partition coefficient (Wildman–Crippen LogP) is 5.98. The summed E-state index contributed by atoms with van der Waals surface area (Å²) >= 11 is 2.25. The Balaban J connectivity index is 1.56. The molecule has 7 atom stereocenters. The predicted molar refractivity (Wildman–Crippen MR) is 103 cm³/mol. The van der Waals surface area contributed by atoms with Crippen molar-refractivity contribution in [1.82, 2.24) is 0 Å². The fourth-order valence-electron chi connectivity index (χ4n) is 7.13. The maximum absolute atomic E-state index is 12.5. The lowest BCUT2D eigenvalue weighted by molar-refractivity contribution is -0.141. The fourth-order valence-corrected chi connectivity index (χ4v) is 8.29. The lowest BCUT2D eigenvalue weighted by Crippen LogP contribution is -2.54. The van der Waals surface area contributed by atoms with Crippen molar-refractivity contribution in [1.29, 1.82) is 0 Å². The Morgan fingerprint density at radius 2 is 1.91 bits per heavy atom. The molecule has 2 nitrogen and oxygen atoms in total. The summed E-state index contributed by atoms with van der Waals surface area (Å²) in [6.45, 7) is 4.88. The highest BCUT2D eigenvalue weighted by Gasteiger charge is 2.60. The Bertz CT molecular complexity index is 498. The van der Waals surface area contributed by atoms with Gasteiger partial charge in [0.1, 0.15) is 5.78 Å². The molecule has 4 rings (SSSR count). The molecular weight excluding hydrogens is 419 g/mol. The van der Waals surface area contributed by atoms with E-state index in [1.807, 2.05) is 0 Å². The Morgan fingerprint density at radius 1 is 1.09 bits per heavy atom. The second-order valence-electron chi connectivity index (χ2n) is 9.13. The highest BCUT2D eigenvalue weighted by atomic mass is 127. The first-order chi connectivity index (χ1) is 11.0. The molecule has 4 heteroatoms. The van der Waals surface area contributed by atoms with Gasteiger partial charge in [-0.05, 0) is 80.5 Å². The summed E-state index contributed by atoms with van der Waals surface area (Å²) in [6.07, 6.45) is 11.5. The summed E-state index contributed by atoms with van der Waals surface area (Å²) in [5, 5.41) is 0. The van der Waals surface area contributed by atoms with E-state index in [1.165, 1.54) is 54.2 Å². The Morgan fingerprint density at radius 3 is 2.70 bits per heavy atom. The molecule has 130 valence electrons. The van der Waals surface area contributed by atoms with Crippen LogP contribution in [0.2, 0.25) is 0 Å². The number of fused-ring (bicyclic) bond motifs is 5. The molecule has 4 saturated carbocycles. The van der Waals surface area contributed by atoms with Gasteiger partial charge in [0, 0.05) is 33.0 Å². The van der Waals surface area contributed by atoms with Crippen molar-refractivity contribution in [3.05, 3.63) is 0 Å². The maximum Gasteiger partial charge on any atom is 0.139 e. The molecule has 0 aromatic heterocycles. The summed E-state index contributed by atoms with van der Waals surface area (Å²) in [7, 11) is 1.51. The molecule has 0 saturated heterocycles. The van der Waals surface area contributed by atoms with Crippen molar-refractivity contribution >= 4 is 36.2 Å². The molecular formula is C19H29IO2S. The zero-order valence-electron chi connectivity index (χ0n) is 14.4. The van der Waals surface area contributed by atoms with Gasteiger partial charge in [0.15, 0.2) is 0 Å². The van der Waals surface area contributed by atoms with Crippen molar-refractivity contribution in [3.8, 4) is 0 Å². The maximum atomic E-state index is 12.5. The molecule has 0 aromatic carbocycles. The van der Waals surface area contributed by atoms with Crippen LogP contribution in [0.25, 0.3) is 0 Å². The van der Waals surface area contributed by atoms with Crippen LogP contribution in [-0.2, 0) is 8.98 Å². The number of carbonyl (C=O) groups excluding carboxylic acids is 1. The minimum Gasteiger partial charge on any atom is -0.302 e. The first-order valence-electron chi connectivity index (χ1n) is 9.46. The third-order valence-electron chi connectivity index (χ3n) is 8.50. The van der Waals surface area contributed by atoms with Crippen molar-refractivity contribution in [2.75, 3.05) is 0 Å². The summed E-state index contributed by atoms with van der Waals surface area (Å²) in [6, 6.07) is 0. The second-order valence-corrected chi connectivity index (χ2v) is 10.5. The van der Waals surface area contributed by atoms with Crippen molar-refractivity contribution in [2.24, 2.45) is 34.5 Å². The standard InChI is InChI=1S/C19H29IO2S/c1-18-9-7-13(22-23-20)11-12(18)3-4-14-15-5-6-17(21)19(15,2)10-8-16(14)18/h12-16H,3-11H2,1-2H3. The molecule has 0 radical (unpaired) electrons. The van der Waals surface area contributed by atoms with E-state index in [0.29, 0.717) is 23.2 Å². The zero-order chi connectivity index (χ0) is 16.2. The summed E-state index contributed by atoms with van der Waals surface area (Å²) in [5.74, 6) is 3.78. The molecule has 0 spiro atoms. The first kappa shape index (κ1) is 17.1. The normalized spacial score (nSPS) is 52.7. The van der Waals surface area contributed by atoms with E-state index in [2.05, 4.69) is 35.1 Å². The topological polar surface area (TPSA) is 26.3 Å². The van der Waals surface area contributed by atoms with Crippen LogP contribution in [0.15, 0.2) is 0 Å². The average Bonchev–Trinajstić information content (AvgIpc) is 2.84. The zero-order valence-corrected chi connectivity index (χ0v) is 17.3. The van der Waals surface area contributed by atoms with Crippen LogP contribution in [0.5, 0.6) is 0 Å². The van der Waals surface area contributed by atoms with Gasteiger partial charge in [-0.15, -0.1) is 0 Å². The average molecular weight is 448 g/mol. The minimum atomic E-state index is 0.0303. The van der Waals surface area contributed by atoms with E-state index < -0.39 is 0 Å². The molecule has 0 aliphatic heterocycles. The summed E-state index contributed by atoms with van der Waals surface area (Å²) in [4.78, 5) is 12.5. The van der Waals surface area contributed by atoms with E-state index in [1.54, 1.807) is 0 Å². The monoisotopic (exact) mass is 448 g/mol. The Hall–Kier alpha value is 0.710. The number of hydrogen-bond acceptors (Lipinski definition) is 3. The van der Waals surface area contributed by atoms with Crippen LogP contribution >= 0.6 is 30.4 Å². The molecule has 4 fully saturated rings. The Kier molecular flexibility index (Phi) is 4.59. The number of rotatable bonds is 2. The van der Waals surface area contributed by atoms with Gasteiger partial charge in [0.2, 0.25) is 0 Å². The van der Waals surface area contributed by atoms with Gasteiger partial charge in [-0.2, -0.15) is 0 Å². The fraction of sp³-hybridized carbons (Fsp3) is 0.947. The molecule has 4 aliphatic carbocycles. The van der Waals surface area contributed by atoms with Gasteiger partial charge < -0.3 is 4.18 Å². The van der Waals surface area contributed by atoms with Gasteiger partial charge in [0.05, 0.1) is 15.3 Å². The van der Waals surface area contributed by atoms with Gasteiger partial charge in [-0.25, -0.2) is 0 Å². The van der Waals surface area contributed by atoms with Crippen LogP contribution < -0.4 is 0 Å². The van der Waals surface area contributed by atoms with Crippen LogP contribution in [0.4, 0.5) is 0 Å². The lowest BCUT2D eigenvalue weighted by Gasteiger charge is -2.60. The van der Waals surface area contributed by atoms with E-state index in [0.717, 1.165) is 30.6 Å². The smallest absolute Gasteiger partial charge is 0.139 e. The first-order valence-corrected chi connectivity index (χ1v) is 12.7. The molecule has 23 heavy (non-hydrogen) atoms. The van der Waals surface area contributed by atoms with E-state index in [-0.39, 0.29) is 5.41 Å². The van der Waals surface area contributed by atoms with Gasteiger partial charge >= 0.3 is 0 Å². The summed E-state index contributed by atoms with van der Waals surface area (Å²) in [5.41, 5.74) is 0.536. The molecule has 0 bridgehead atoms.